The number of nitrogens with one attached hydrogen (secondary N) is 1. The lowest BCUT2D eigenvalue weighted by Gasteiger charge is -2.15. The zero-order valence-electron chi connectivity index (χ0n) is 10.7. The summed E-state index contributed by atoms with van der Waals surface area (Å²) in [5.74, 6) is 0. The minimum absolute atomic E-state index is 0.141. The quantitative estimate of drug-likeness (QED) is 0.574. The van der Waals surface area contributed by atoms with Crippen molar-refractivity contribution in [2.24, 2.45) is 0 Å². The van der Waals surface area contributed by atoms with E-state index < -0.39 is 0 Å². The zero-order valence-corrected chi connectivity index (χ0v) is 13.9. The Labute approximate surface area is 135 Å². The van der Waals surface area contributed by atoms with Crippen molar-refractivity contribution in [2.45, 2.75) is 13.0 Å². The molecule has 0 aliphatic heterocycles. The number of H-pyrrole nitrogens is 1. The minimum Gasteiger partial charge on any atom is -0.331 e. The van der Waals surface area contributed by atoms with E-state index in [0.717, 1.165) is 25.3 Å². The molecule has 0 saturated heterocycles. The number of benzene rings is 2. The van der Waals surface area contributed by atoms with Crippen LogP contribution in [0.3, 0.4) is 0 Å². The van der Waals surface area contributed by atoms with Crippen LogP contribution in [0.4, 0.5) is 0 Å². The third-order valence-corrected chi connectivity index (χ3v) is 4.46. The Morgan fingerprint density at radius 2 is 1.90 bits per heavy atom. The molecule has 0 amide bonds. The maximum absolute atomic E-state index is 5.95. The summed E-state index contributed by atoms with van der Waals surface area (Å²) < 4.78 is 3.88. The molecule has 0 aliphatic carbocycles. The average Bonchev–Trinajstić information content (AvgIpc) is 2.74. The SMILES string of the molecule is CC(c1ccc(Cl)cc1)n1c(=S)[nH]c2ccc(Br)cc21. The Hall–Kier alpha value is -1.10. The molecular formula is C15H12BrClN2S. The Bertz CT molecular complexity index is 820. The van der Waals surface area contributed by atoms with Crippen molar-refractivity contribution in [3.8, 4) is 0 Å². The molecule has 1 unspecified atom stereocenters. The van der Waals surface area contributed by atoms with Gasteiger partial charge in [0.25, 0.3) is 0 Å². The summed E-state index contributed by atoms with van der Waals surface area (Å²) in [4.78, 5) is 3.25. The number of fused-ring (bicyclic) bond motifs is 1. The van der Waals surface area contributed by atoms with Gasteiger partial charge in [-0.05, 0) is 55.0 Å². The van der Waals surface area contributed by atoms with Gasteiger partial charge in [-0.2, -0.15) is 0 Å². The van der Waals surface area contributed by atoms with Crippen LogP contribution in [0, 0.1) is 4.77 Å². The highest BCUT2D eigenvalue weighted by Crippen LogP contribution is 2.27. The highest BCUT2D eigenvalue weighted by atomic mass is 79.9. The van der Waals surface area contributed by atoms with E-state index in [1.165, 1.54) is 5.56 Å². The van der Waals surface area contributed by atoms with Crippen LogP contribution >= 0.6 is 39.7 Å². The van der Waals surface area contributed by atoms with Gasteiger partial charge in [0.05, 0.1) is 17.1 Å². The van der Waals surface area contributed by atoms with Crippen molar-refractivity contribution in [3.05, 3.63) is 62.3 Å². The molecule has 1 atom stereocenters. The van der Waals surface area contributed by atoms with E-state index >= 15 is 0 Å². The molecule has 1 aromatic heterocycles. The highest BCUT2D eigenvalue weighted by Gasteiger charge is 2.13. The molecule has 5 heteroatoms. The number of nitrogens with zero attached hydrogens (tertiary/aromatic N) is 1. The van der Waals surface area contributed by atoms with Gasteiger partial charge >= 0.3 is 0 Å². The van der Waals surface area contributed by atoms with Gasteiger partial charge < -0.3 is 9.55 Å². The minimum atomic E-state index is 0.141. The summed E-state index contributed by atoms with van der Waals surface area (Å²) in [7, 11) is 0. The number of aromatic amines is 1. The number of rotatable bonds is 2. The molecule has 0 bridgehead atoms. The van der Waals surface area contributed by atoms with Crippen molar-refractivity contribution in [2.75, 3.05) is 0 Å². The van der Waals surface area contributed by atoms with E-state index in [-0.39, 0.29) is 6.04 Å². The summed E-state index contributed by atoms with van der Waals surface area (Å²) in [6, 6.07) is 14.1. The van der Waals surface area contributed by atoms with E-state index in [0.29, 0.717) is 0 Å². The monoisotopic (exact) mass is 366 g/mol. The van der Waals surface area contributed by atoms with Crippen LogP contribution in [0.5, 0.6) is 0 Å². The van der Waals surface area contributed by atoms with Gasteiger partial charge in [-0.3, -0.25) is 0 Å². The highest BCUT2D eigenvalue weighted by molar-refractivity contribution is 9.10. The van der Waals surface area contributed by atoms with E-state index in [9.17, 15) is 0 Å². The molecule has 0 radical (unpaired) electrons. The summed E-state index contributed by atoms with van der Waals surface area (Å²) in [5.41, 5.74) is 3.30. The smallest absolute Gasteiger partial charge is 0.178 e. The summed E-state index contributed by atoms with van der Waals surface area (Å²) in [5, 5.41) is 0.742. The Morgan fingerprint density at radius 3 is 2.60 bits per heavy atom. The second-order valence-corrected chi connectivity index (χ2v) is 6.43. The first-order valence-corrected chi connectivity index (χ1v) is 7.79. The van der Waals surface area contributed by atoms with Crippen molar-refractivity contribution < 1.29 is 0 Å². The van der Waals surface area contributed by atoms with Gasteiger partial charge in [0.1, 0.15) is 0 Å². The lowest BCUT2D eigenvalue weighted by atomic mass is 10.1. The average molecular weight is 368 g/mol. The van der Waals surface area contributed by atoms with Gasteiger partial charge in [-0.15, -0.1) is 0 Å². The Kier molecular flexibility index (Phi) is 3.71. The summed E-state index contributed by atoms with van der Waals surface area (Å²) in [6.45, 7) is 2.13. The third kappa shape index (κ3) is 2.43. The fourth-order valence-electron chi connectivity index (χ4n) is 2.37. The van der Waals surface area contributed by atoms with Crippen LogP contribution in [0.25, 0.3) is 11.0 Å². The molecule has 3 aromatic rings. The van der Waals surface area contributed by atoms with Crippen LogP contribution in [0.1, 0.15) is 18.5 Å². The summed E-state index contributed by atoms with van der Waals surface area (Å²) in [6.07, 6.45) is 0. The molecule has 102 valence electrons. The fourth-order valence-corrected chi connectivity index (χ4v) is 3.21. The molecule has 0 aliphatic rings. The number of halogens is 2. The first-order chi connectivity index (χ1) is 9.56. The van der Waals surface area contributed by atoms with E-state index in [1.54, 1.807) is 0 Å². The Balaban J connectivity index is 2.18. The van der Waals surface area contributed by atoms with Crippen molar-refractivity contribution in [3.63, 3.8) is 0 Å². The molecule has 1 heterocycles. The predicted molar refractivity (Wildman–Crippen MR) is 90.1 cm³/mol. The van der Waals surface area contributed by atoms with Gasteiger partial charge in [-0.1, -0.05) is 39.7 Å². The first kappa shape index (κ1) is 13.9. The second kappa shape index (κ2) is 5.35. The number of imidazole rings is 1. The van der Waals surface area contributed by atoms with Crippen molar-refractivity contribution in [1.29, 1.82) is 0 Å². The molecule has 0 spiro atoms. The van der Waals surface area contributed by atoms with Crippen LogP contribution in [0.2, 0.25) is 5.02 Å². The van der Waals surface area contributed by atoms with Crippen molar-refractivity contribution in [1.82, 2.24) is 9.55 Å². The maximum Gasteiger partial charge on any atom is 0.178 e. The van der Waals surface area contributed by atoms with Gasteiger partial charge in [0, 0.05) is 9.50 Å². The molecular weight excluding hydrogens is 356 g/mol. The van der Waals surface area contributed by atoms with Crippen LogP contribution < -0.4 is 0 Å². The molecule has 2 aromatic carbocycles. The first-order valence-electron chi connectivity index (χ1n) is 6.21. The van der Waals surface area contributed by atoms with E-state index in [2.05, 4.69) is 38.5 Å². The molecule has 2 nitrogen and oxygen atoms in total. The van der Waals surface area contributed by atoms with Crippen LogP contribution in [-0.2, 0) is 0 Å². The van der Waals surface area contributed by atoms with Crippen LogP contribution in [0.15, 0.2) is 46.9 Å². The molecule has 1 N–H and O–H groups in total. The van der Waals surface area contributed by atoms with E-state index in [4.69, 9.17) is 23.8 Å². The lowest BCUT2D eigenvalue weighted by Crippen LogP contribution is -2.06. The molecule has 20 heavy (non-hydrogen) atoms. The van der Waals surface area contributed by atoms with E-state index in [1.807, 2.05) is 36.4 Å². The van der Waals surface area contributed by atoms with Gasteiger partial charge in [0.15, 0.2) is 4.77 Å². The number of aromatic nitrogens is 2. The van der Waals surface area contributed by atoms with Crippen molar-refractivity contribution >= 4 is 50.8 Å². The second-order valence-electron chi connectivity index (χ2n) is 4.69. The molecule has 0 saturated carbocycles. The number of hydrogen-bond donors (Lipinski definition) is 1. The Morgan fingerprint density at radius 1 is 1.20 bits per heavy atom. The van der Waals surface area contributed by atoms with Crippen LogP contribution in [-0.4, -0.2) is 9.55 Å². The zero-order chi connectivity index (χ0) is 14.3. The standard InChI is InChI=1S/C15H12BrClN2S/c1-9(10-2-5-12(17)6-3-10)19-14-8-11(16)4-7-13(14)18-15(19)20/h2-9H,1H3,(H,18,20). The predicted octanol–water partition coefficient (Wildman–Crippen LogP) is 5.72. The molecule has 3 rings (SSSR count). The fraction of sp³-hybridized carbons (Fsp3) is 0.133. The maximum atomic E-state index is 5.95. The lowest BCUT2D eigenvalue weighted by molar-refractivity contribution is 0.649. The van der Waals surface area contributed by atoms with Gasteiger partial charge in [0.2, 0.25) is 0 Å². The number of hydrogen-bond acceptors (Lipinski definition) is 1. The largest absolute Gasteiger partial charge is 0.331 e. The normalized spacial score (nSPS) is 12.8. The third-order valence-electron chi connectivity index (χ3n) is 3.42. The topological polar surface area (TPSA) is 20.7 Å². The summed E-state index contributed by atoms with van der Waals surface area (Å²) >= 11 is 14.9. The molecule has 0 fully saturated rings. The van der Waals surface area contributed by atoms with Gasteiger partial charge in [-0.25, -0.2) is 0 Å².